The molecule has 0 fully saturated rings. The molecule has 0 aromatic heterocycles. The molecule has 0 saturated heterocycles. The lowest BCUT2D eigenvalue weighted by Crippen LogP contribution is -2.32. The molecule has 0 aliphatic heterocycles. The van der Waals surface area contributed by atoms with Crippen molar-refractivity contribution in [1.82, 2.24) is 4.31 Å². The Kier molecular flexibility index (Phi) is 6.79. The monoisotopic (exact) mass is 319 g/mol. The highest BCUT2D eigenvalue weighted by atomic mass is 35.5. The molecule has 0 spiro atoms. The number of unbranched alkanes of at least 4 members (excludes halogenated alkanes) is 1. The summed E-state index contributed by atoms with van der Waals surface area (Å²) >= 11 is 5.77. The Hall–Kier alpha value is -0.780. The van der Waals surface area contributed by atoms with Crippen LogP contribution in [0.5, 0.6) is 5.75 Å². The van der Waals surface area contributed by atoms with E-state index in [0.29, 0.717) is 24.7 Å². The average Bonchev–Trinajstić information content (AvgIpc) is 2.46. The van der Waals surface area contributed by atoms with E-state index in [-0.39, 0.29) is 4.90 Å². The third kappa shape index (κ3) is 3.87. The van der Waals surface area contributed by atoms with E-state index in [0.717, 1.165) is 18.4 Å². The Morgan fingerprint density at radius 3 is 2.50 bits per heavy atom. The van der Waals surface area contributed by atoms with Crippen LogP contribution in [0.2, 0.25) is 0 Å². The van der Waals surface area contributed by atoms with E-state index in [9.17, 15) is 8.42 Å². The van der Waals surface area contributed by atoms with Crippen molar-refractivity contribution in [2.75, 3.05) is 20.2 Å². The van der Waals surface area contributed by atoms with Crippen LogP contribution < -0.4 is 4.74 Å². The molecule has 0 N–H and O–H groups in total. The van der Waals surface area contributed by atoms with E-state index < -0.39 is 10.0 Å². The number of nitrogens with zero attached hydrogens (tertiary/aromatic N) is 1. The van der Waals surface area contributed by atoms with Gasteiger partial charge in [0.05, 0.1) is 7.11 Å². The highest BCUT2D eigenvalue weighted by Gasteiger charge is 2.26. The predicted octanol–water partition coefficient (Wildman–Crippen LogP) is 3.24. The standard InChI is InChI=1S/C14H22ClNO3S/c1-4-6-9-16(5-2)20(17,18)14-8-7-12(11-15)10-13(14)19-3/h7-8,10H,4-6,9,11H2,1-3H3. The molecular formula is C14H22ClNO3S. The highest BCUT2D eigenvalue weighted by molar-refractivity contribution is 7.89. The van der Waals surface area contributed by atoms with Gasteiger partial charge in [0.25, 0.3) is 0 Å². The van der Waals surface area contributed by atoms with Crippen LogP contribution in [0.15, 0.2) is 23.1 Å². The first-order chi connectivity index (χ1) is 9.51. The highest BCUT2D eigenvalue weighted by Crippen LogP contribution is 2.28. The van der Waals surface area contributed by atoms with Gasteiger partial charge in [-0.25, -0.2) is 8.42 Å². The topological polar surface area (TPSA) is 46.6 Å². The molecule has 0 unspecified atom stereocenters. The number of methoxy groups -OCH3 is 1. The normalized spacial score (nSPS) is 11.8. The maximum absolute atomic E-state index is 12.7. The number of benzene rings is 1. The van der Waals surface area contributed by atoms with Crippen LogP contribution in [-0.4, -0.2) is 32.9 Å². The Morgan fingerprint density at radius 2 is 2.00 bits per heavy atom. The number of alkyl halides is 1. The molecular weight excluding hydrogens is 298 g/mol. The predicted molar refractivity (Wildman–Crippen MR) is 81.9 cm³/mol. The van der Waals surface area contributed by atoms with Crippen molar-refractivity contribution >= 4 is 21.6 Å². The molecule has 0 heterocycles. The van der Waals surface area contributed by atoms with E-state index in [4.69, 9.17) is 16.3 Å². The number of halogens is 1. The third-order valence-corrected chi connectivity index (χ3v) is 5.44. The van der Waals surface area contributed by atoms with Crippen molar-refractivity contribution in [2.24, 2.45) is 0 Å². The number of sulfonamides is 1. The first kappa shape index (κ1) is 17.3. The van der Waals surface area contributed by atoms with Gasteiger partial charge in [0.2, 0.25) is 10.0 Å². The minimum Gasteiger partial charge on any atom is -0.495 e. The maximum atomic E-state index is 12.7. The molecule has 0 bridgehead atoms. The first-order valence-corrected chi connectivity index (χ1v) is 8.71. The zero-order valence-electron chi connectivity index (χ0n) is 12.2. The first-order valence-electron chi connectivity index (χ1n) is 6.74. The number of rotatable bonds is 8. The van der Waals surface area contributed by atoms with E-state index in [1.807, 2.05) is 13.8 Å². The van der Waals surface area contributed by atoms with Gasteiger partial charge < -0.3 is 4.74 Å². The average molecular weight is 320 g/mol. The van der Waals surface area contributed by atoms with Gasteiger partial charge >= 0.3 is 0 Å². The smallest absolute Gasteiger partial charge is 0.246 e. The quantitative estimate of drug-likeness (QED) is 0.691. The summed E-state index contributed by atoms with van der Waals surface area (Å²) in [5, 5.41) is 0. The van der Waals surface area contributed by atoms with Crippen molar-refractivity contribution in [1.29, 1.82) is 0 Å². The van der Waals surface area contributed by atoms with Crippen LogP contribution in [-0.2, 0) is 15.9 Å². The second-order valence-corrected chi connectivity index (χ2v) is 6.64. The zero-order valence-corrected chi connectivity index (χ0v) is 13.8. The fourth-order valence-electron chi connectivity index (χ4n) is 1.93. The fourth-order valence-corrected chi connectivity index (χ4v) is 3.72. The minimum absolute atomic E-state index is 0.201. The Bertz CT molecular complexity index is 531. The lowest BCUT2D eigenvalue weighted by molar-refractivity contribution is 0.390. The largest absolute Gasteiger partial charge is 0.495 e. The van der Waals surface area contributed by atoms with Gasteiger partial charge in [0.15, 0.2) is 0 Å². The summed E-state index contributed by atoms with van der Waals surface area (Å²) in [6.45, 7) is 4.85. The summed E-state index contributed by atoms with van der Waals surface area (Å²) in [6, 6.07) is 4.96. The minimum atomic E-state index is -3.53. The van der Waals surface area contributed by atoms with Gasteiger partial charge in [0, 0.05) is 19.0 Å². The molecule has 1 rings (SSSR count). The lowest BCUT2D eigenvalue weighted by atomic mass is 10.2. The van der Waals surface area contributed by atoms with Crippen LogP contribution in [0.1, 0.15) is 32.3 Å². The molecule has 20 heavy (non-hydrogen) atoms. The second-order valence-electron chi connectivity index (χ2n) is 4.47. The lowest BCUT2D eigenvalue weighted by Gasteiger charge is -2.21. The molecule has 0 amide bonds. The molecule has 0 aliphatic carbocycles. The van der Waals surface area contributed by atoms with Gasteiger partial charge in [0.1, 0.15) is 10.6 Å². The molecule has 114 valence electrons. The van der Waals surface area contributed by atoms with Gasteiger partial charge in [-0.3, -0.25) is 0 Å². The molecule has 0 radical (unpaired) electrons. The van der Waals surface area contributed by atoms with Crippen molar-refractivity contribution in [3.63, 3.8) is 0 Å². The summed E-state index contributed by atoms with van der Waals surface area (Å²) in [4.78, 5) is 0.201. The van der Waals surface area contributed by atoms with E-state index >= 15 is 0 Å². The number of hydrogen-bond donors (Lipinski definition) is 0. The van der Waals surface area contributed by atoms with Crippen LogP contribution in [0.4, 0.5) is 0 Å². The van der Waals surface area contributed by atoms with Gasteiger partial charge in [-0.2, -0.15) is 4.31 Å². The number of hydrogen-bond acceptors (Lipinski definition) is 3. The Morgan fingerprint density at radius 1 is 1.30 bits per heavy atom. The molecule has 6 heteroatoms. The fraction of sp³-hybridized carbons (Fsp3) is 0.571. The van der Waals surface area contributed by atoms with Crippen LogP contribution >= 0.6 is 11.6 Å². The zero-order chi connectivity index (χ0) is 15.2. The molecule has 4 nitrogen and oxygen atoms in total. The number of ether oxygens (including phenoxy) is 1. The summed E-state index contributed by atoms with van der Waals surface area (Å²) in [7, 11) is -2.06. The summed E-state index contributed by atoms with van der Waals surface area (Å²) < 4.78 is 32.0. The van der Waals surface area contributed by atoms with E-state index in [2.05, 4.69) is 0 Å². The van der Waals surface area contributed by atoms with Crippen LogP contribution in [0, 0.1) is 0 Å². The van der Waals surface area contributed by atoms with Crippen molar-refractivity contribution in [3.8, 4) is 5.75 Å². The summed E-state index contributed by atoms with van der Waals surface area (Å²) in [5.74, 6) is 0.669. The van der Waals surface area contributed by atoms with Crippen LogP contribution in [0.25, 0.3) is 0 Å². The van der Waals surface area contributed by atoms with E-state index in [1.165, 1.54) is 11.4 Å². The third-order valence-electron chi connectivity index (χ3n) is 3.11. The van der Waals surface area contributed by atoms with Crippen molar-refractivity contribution in [2.45, 2.75) is 37.5 Å². The molecule has 1 aromatic rings. The molecule has 0 atom stereocenters. The van der Waals surface area contributed by atoms with Crippen LogP contribution in [0.3, 0.4) is 0 Å². The van der Waals surface area contributed by atoms with Crippen molar-refractivity contribution in [3.05, 3.63) is 23.8 Å². The molecule has 0 aliphatic rings. The summed E-state index contributed by atoms with van der Waals surface area (Å²) in [5.41, 5.74) is 0.832. The van der Waals surface area contributed by atoms with Gasteiger partial charge in [-0.1, -0.05) is 26.3 Å². The summed E-state index contributed by atoms with van der Waals surface area (Å²) in [6.07, 6.45) is 1.80. The van der Waals surface area contributed by atoms with E-state index in [1.54, 1.807) is 18.2 Å². The SMILES string of the molecule is CCCCN(CC)S(=O)(=O)c1ccc(CCl)cc1OC. The molecule has 0 saturated carbocycles. The molecule has 1 aromatic carbocycles. The van der Waals surface area contributed by atoms with Gasteiger partial charge in [-0.05, 0) is 24.1 Å². The maximum Gasteiger partial charge on any atom is 0.246 e. The Balaban J connectivity index is 3.19. The van der Waals surface area contributed by atoms with Gasteiger partial charge in [-0.15, -0.1) is 11.6 Å². The van der Waals surface area contributed by atoms with Crippen molar-refractivity contribution < 1.29 is 13.2 Å². The second kappa shape index (κ2) is 7.86. The Labute approximate surface area is 126 Å².